The van der Waals surface area contributed by atoms with Crippen molar-refractivity contribution in [1.29, 1.82) is 0 Å². The Kier molecular flexibility index (Phi) is 9.37. The fraction of sp³-hybridized carbons (Fsp3) is 0.158. The lowest BCUT2D eigenvalue weighted by atomic mass is 9.70. The highest BCUT2D eigenvalue weighted by atomic mass is 127. The molecule has 60 heavy (non-hydrogen) atoms. The van der Waals surface area contributed by atoms with Gasteiger partial charge in [-0.1, -0.05) is 179 Å². The summed E-state index contributed by atoms with van der Waals surface area (Å²) in [5, 5.41) is 0. The number of anilines is 6. The second kappa shape index (κ2) is 14.7. The van der Waals surface area contributed by atoms with Crippen LogP contribution in [0.25, 0.3) is 22.3 Å². The number of alkyl halides is 1. The third-order valence-electron chi connectivity index (χ3n) is 12.8. The van der Waals surface area contributed by atoms with Gasteiger partial charge in [0.25, 0.3) is 0 Å². The molecule has 0 fully saturated rings. The highest BCUT2D eigenvalue weighted by Crippen LogP contribution is 2.64. The fourth-order valence-corrected chi connectivity index (χ4v) is 10.1. The fourth-order valence-electron chi connectivity index (χ4n) is 9.70. The smallest absolute Gasteiger partial charge is 0.0725 e. The predicted octanol–water partition coefficient (Wildman–Crippen LogP) is 16.0. The van der Waals surface area contributed by atoms with Crippen LogP contribution in [0.1, 0.15) is 68.0 Å². The number of benzene rings is 8. The van der Waals surface area contributed by atoms with Crippen molar-refractivity contribution in [2.24, 2.45) is 0 Å². The molecule has 0 aliphatic heterocycles. The molecule has 0 amide bonds. The maximum Gasteiger partial charge on any atom is 0.0725 e. The van der Waals surface area contributed by atoms with Crippen molar-refractivity contribution in [3.63, 3.8) is 0 Å². The summed E-state index contributed by atoms with van der Waals surface area (Å²) in [6.45, 7) is 11.5. The molecular formula is C57H49IN2. The summed E-state index contributed by atoms with van der Waals surface area (Å²) in [5.74, 6) is 0. The number of halogens is 1. The van der Waals surface area contributed by atoms with E-state index in [1.165, 1.54) is 55.6 Å². The minimum atomic E-state index is -0.453. The van der Waals surface area contributed by atoms with Crippen LogP contribution in [0.4, 0.5) is 34.1 Å². The van der Waals surface area contributed by atoms with Crippen LogP contribution >= 0.6 is 22.6 Å². The zero-order valence-corrected chi connectivity index (χ0v) is 37.1. The molecule has 3 heteroatoms. The van der Waals surface area contributed by atoms with E-state index in [9.17, 15) is 0 Å². The van der Waals surface area contributed by atoms with Crippen LogP contribution in [-0.2, 0) is 16.2 Å². The molecule has 2 aliphatic rings. The van der Waals surface area contributed by atoms with Crippen molar-refractivity contribution in [1.82, 2.24) is 0 Å². The zero-order chi connectivity index (χ0) is 41.2. The summed E-state index contributed by atoms with van der Waals surface area (Å²) < 4.78 is 1.05. The predicted molar refractivity (Wildman–Crippen MR) is 263 cm³/mol. The first kappa shape index (κ1) is 38.3. The van der Waals surface area contributed by atoms with E-state index in [1.54, 1.807) is 0 Å². The Bertz CT molecular complexity index is 2810. The molecule has 294 valence electrons. The Labute approximate surface area is 369 Å². The van der Waals surface area contributed by atoms with E-state index < -0.39 is 5.41 Å². The van der Waals surface area contributed by atoms with Crippen molar-refractivity contribution >= 4 is 56.7 Å². The largest absolute Gasteiger partial charge is 0.310 e. The van der Waals surface area contributed by atoms with Crippen LogP contribution in [0.3, 0.4) is 0 Å². The second-order valence-corrected chi connectivity index (χ2v) is 18.8. The van der Waals surface area contributed by atoms with E-state index >= 15 is 0 Å². The molecule has 0 heterocycles. The lowest BCUT2D eigenvalue weighted by Gasteiger charge is -2.32. The Balaban J connectivity index is 1.22. The van der Waals surface area contributed by atoms with Gasteiger partial charge in [-0.05, 0) is 139 Å². The van der Waals surface area contributed by atoms with E-state index in [-0.39, 0.29) is 10.8 Å². The summed E-state index contributed by atoms with van der Waals surface area (Å²) in [6.07, 6.45) is 0. The maximum atomic E-state index is 2.51. The van der Waals surface area contributed by atoms with E-state index in [4.69, 9.17) is 0 Å². The molecular weight excluding hydrogens is 840 g/mol. The maximum absolute atomic E-state index is 2.51. The van der Waals surface area contributed by atoms with Gasteiger partial charge in [0.05, 0.1) is 5.41 Å². The van der Waals surface area contributed by atoms with Crippen LogP contribution in [0.15, 0.2) is 194 Å². The van der Waals surface area contributed by atoms with Crippen molar-refractivity contribution < 1.29 is 0 Å². The minimum Gasteiger partial charge on any atom is -0.310 e. The molecule has 0 N–H and O–H groups in total. The SMILES string of the molecule is CC(C)(C)c1ccc(N(c2ccccc2)c2ccc3c(c2)-c2cc(N(c4ccccc4)c4ccc(C(C)(C)CI)cc4)ccc2C32c3ccccc3-c3ccccc32)cc1. The summed E-state index contributed by atoms with van der Waals surface area (Å²) >= 11 is 2.51. The summed E-state index contributed by atoms with van der Waals surface area (Å²) in [5.41, 5.74) is 19.6. The van der Waals surface area contributed by atoms with Crippen LogP contribution in [-0.4, -0.2) is 4.43 Å². The molecule has 0 radical (unpaired) electrons. The van der Waals surface area contributed by atoms with Gasteiger partial charge in [-0.2, -0.15) is 0 Å². The van der Waals surface area contributed by atoms with Gasteiger partial charge < -0.3 is 9.80 Å². The molecule has 10 rings (SSSR count). The molecule has 2 aliphatic carbocycles. The molecule has 1 spiro atoms. The van der Waals surface area contributed by atoms with Gasteiger partial charge in [0.1, 0.15) is 0 Å². The van der Waals surface area contributed by atoms with Crippen LogP contribution in [0.2, 0.25) is 0 Å². The molecule has 2 nitrogen and oxygen atoms in total. The van der Waals surface area contributed by atoms with Crippen molar-refractivity contribution in [2.45, 2.75) is 50.9 Å². The quantitative estimate of drug-likeness (QED) is 0.111. The van der Waals surface area contributed by atoms with Crippen LogP contribution in [0.5, 0.6) is 0 Å². The minimum absolute atomic E-state index is 0.0642. The third kappa shape index (κ3) is 6.12. The average molecular weight is 889 g/mol. The van der Waals surface area contributed by atoms with Gasteiger partial charge in [-0.3, -0.25) is 0 Å². The van der Waals surface area contributed by atoms with E-state index in [0.29, 0.717) is 0 Å². The molecule has 0 bridgehead atoms. The van der Waals surface area contributed by atoms with Crippen molar-refractivity contribution in [3.8, 4) is 22.3 Å². The van der Waals surface area contributed by atoms with Gasteiger partial charge in [0, 0.05) is 38.6 Å². The molecule has 0 unspecified atom stereocenters. The lowest BCUT2D eigenvalue weighted by Crippen LogP contribution is -2.26. The number of fused-ring (bicyclic) bond motifs is 10. The highest BCUT2D eigenvalue weighted by Gasteiger charge is 2.51. The van der Waals surface area contributed by atoms with Gasteiger partial charge in [0.15, 0.2) is 0 Å². The number of nitrogens with zero attached hydrogens (tertiary/aromatic N) is 2. The lowest BCUT2D eigenvalue weighted by molar-refractivity contribution is 0.590. The zero-order valence-electron chi connectivity index (χ0n) is 35.0. The van der Waals surface area contributed by atoms with Crippen LogP contribution in [0, 0.1) is 0 Å². The molecule has 0 aromatic heterocycles. The normalized spacial score (nSPS) is 13.4. The Morgan fingerprint density at radius 2 is 0.717 bits per heavy atom. The van der Waals surface area contributed by atoms with E-state index in [1.807, 2.05) is 0 Å². The van der Waals surface area contributed by atoms with Crippen LogP contribution < -0.4 is 9.80 Å². The first-order valence-electron chi connectivity index (χ1n) is 21.1. The molecule has 0 atom stereocenters. The topological polar surface area (TPSA) is 6.48 Å². The second-order valence-electron chi connectivity index (χ2n) is 18.0. The van der Waals surface area contributed by atoms with E-state index in [0.717, 1.165) is 38.6 Å². The monoisotopic (exact) mass is 888 g/mol. The first-order valence-corrected chi connectivity index (χ1v) is 22.6. The number of hydrogen-bond acceptors (Lipinski definition) is 2. The standard InChI is InChI=1S/C57H49IN2/c1-55(2,3)39-24-28-43(29-25-39)59(41-16-8-6-9-17-41)45-32-34-53-49(36-45)50-37-46(60(42-18-10-7-11-19-42)44-30-26-40(27-31-44)56(4,5)38-58)33-35-54(50)57(53)51-22-14-12-20-47(51)48-21-13-15-23-52(48)57/h6-37H,38H2,1-5H3. The number of rotatable bonds is 8. The summed E-state index contributed by atoms with van der Waals surface area (Å²) in [4.78, 5) is 4.83. The average Bonchev–Trinajstić information content (AvgIpc) is 3.74. The van der Waals surface area contributed by atoms with Gasteiger partial charge in [-0.15, -0.1) is 0 Å². The van der Waals surface area contributed by atoms with Crippen molar-refractivity contribution in [2.75, 3.05) is 14.2 Å². The summed E-state index contributed by atoms with van der Waals surface area (Å²) in [6, 6.07) is 72.5. The van der Waals surface area contributed by atoms with E-state index in [2.05, 4.69) is 261 Å². The first-order chi connectivity index (χ1) is 29.1. The Morgan fingerprint density at radius 1 is 0.367 bits per heavy atom. The van der Waals surface area contributed by atoms with Gasteiger partial charge >= 0.3 is 0 Å². The molecule has 0 saturated heterocycles. The number of para-hydroxylation sites is 2. The number of hydrogen-bond donors (Lipinski definition) is 0. The van der Waals surface area contributed by atoms with Gasteiger partial charge in [-0.25, -0.2) is 0 Å². The molecule has 8 aromatic rings. The van der Waals surface area contributed by atoms with Gasteiger partial charge in [0.2, 0.25) is 0 Å². The summed E-state index contributed by atoms with van der Waals surface area (Å²) in [7, 11) is 0. The third-order valence-corrected chi connectivity index (χ3v) is 14.7. The molecule has 8 aromatic carbocycles. The Morgan fingerprint density at radius 3 is 1.13 bits per heavy atom. The molecule has 0 saturated carbocycles. The van der Waals surface area contributed by atoms with Crippen molar-refractivity contribution in [3.05, 3.63) is 228 Å². The Hall–Kier alpha value is -5.91. The highest BCUT2D eigenvalue weighted by molar-refractivity contribution is 14.1.